The molecule has 4 rings (SSSR count). The molecule has 23 heavy (non-hydrogen) atoms. The van der Waals surface area contributed by atoms with E-state index in [4.69, 9.17) is 15.0 Å². The third-order valence-electron chi connectivity index (χ3n) is 3.76. The molecule has 13 heteroatoms. The zero-order chi connectivity index (χ0) is 16.4. The summed E-state index contributed by atoms with van der Waals surface area (Å²) < 4.78 is 27.6. The Labute approximate surface area is 127 Å². The summed E-state index contributed by atoms with van der Waals surface area (Å²) >= 11 is 0. The van der Waals surface area contributed by atoms with Gasteiger partial charge in [-0.2, -0.15) is 0 Å². The van der Waals surface area contributed by atoms with E-state index in [9.17, 15) is 19.4 Å². The summed E-state index contributed by atoms with van der Waals surface area (Å²) in [6.45, 7) is -0.250. The van der Waals surface area contributed by atoms with Gasteiger partial charge in [0.1, 0.15) is 30.2 Å². The number of phosphoric acid groups is 1. The third-order valence-corrected chi connectivity index (χ3v) is 4.74. The molecule has 0 radical (unpaired) electrons. The normalized spacial score (nSPS) is 37.1. The van der Waals surface area contributed by atoms with Gasteiger partial charge in [-0.15, -0.1) is 0 Å². The van der Waals surface area contributed by atoms with E-state index >= 15 is 0 Å². The van der Waals surface area contributed by atoms with Gasteiger partial charge >= 0.3 is 13.5 Å². The van der Waals surface area contributed by atoms with Crippen LogP contribution in [0.25, 0.3) is 11.2 Å². The molecule has 124 valence electrons. The highest BCUT2D eigenvalue weighted by Crippen LogP contribution is 2.52. The zero-order valence-electron chi connectivity index (χ0n) is 11.4. The Morgan fingerprint density at radius 1 is 1.48 bits per heavy atom. The number of hydrogen-bond acceptors (Lipinski definition) is 9. The van der Waals surface area contributed by atoms with Gasteiger partial charge in [0.15, 0.2) is 17.7 Å². The fourth-order valence-electron chi connectivity index (χ4n) is 2.74. The maximum absolute atomic E-state index is 12.2. The predicted molar refractivity (Wildman–Crippen MR) is 73.1 cm³/mol. The first-order valence-corrected chi connectivity index (χ1v) is 8.07. The molecule has 0 spiro atoms. The Balaban J connectivity index is 1.78. The lowest BCUT2D eigenvalue weighted by Gasteiger charge is -2.27. The van der Waals surface area contributed by atoms with Gasteiger partial charge in [0.25, 0.3) is 0 Å². The number of hydrogen-bond donors (Lipinski definition) is 4. The summed E-state index contributed by atoms with van der Waals surface area (Å²) in [7, 11) is -4.25. The molecule has 5 unspecified atom stereocenters. The summed E-state index contributed by atoms with van der Waals surface area (Å²) in [5.41, 5.74) is 5.39. The van der Waals surface area contributed by atoms with Crippen molar-refractivity contribution in [3.63, 3.8) is 0 Å². The lowest BCUT2D eigenvalue weighted by molar-refractivity contribution is -0.0671. The van der Waals surface area contributed by atoms with E-state index in [1.807, 2.05) is 0 Å². The summed E-state index contributed by atoms with van der Waals surface area (Å²) in [6, 6.07) is 0. The minimum atomic E-state index is -4.25. The fourth-order valence-corrected chi connectivity index (χ4v) is 3.70. The Bertz CT molecular complexity index is 880. The number of ether oxygens (including phenoxy) is 1. The van der Waals surface area contributed by atoms with Crippen molar-refractivity contribution < 1.29 is 28.3 Å². The number of nitrogens with one attached hydrogen (secondary N) is 1. The van der Waals surface area contributed by atoms with Crippen molar-refractivity contribution in [2.45, 2.75) is 24.5 Å². The largest absolute Gasteiger partial charge is 0.472 e. The van der Waals surface area contributed by atoms with Crippen LogP contribution in [-0.4, -0.2) is 54.4 Å². The second-order valence-electron chi connectivity index (χ2n) is 5.15. The molecule has 4 heterocycles. The summed E-state index contributed by atoms with van der Waals surface area (Å²) in [5.74, 6) is 0.0650. The zero-order valence-corrected chi connectivity index (χ0v) is 12.3. The standard InChI is InChI=1S/C10H12N5O7P/c11-7-4-8(13-2-12-7)15(10(17)14-4)9-5(16)6-3(21-9)1-20-23(18,19)22-6/h2-3,5-6,9,16H,1H2,(H,14,17)(H,18,19)(H2,11,12,13). The first-order chi connectivity index (χ1) is 10.9. The number of aliphatic hydroxyl groups is 1. The van der Waals surface area contributed by atoms with Crippen LogP contribution < -0.4 is 11.4 Å². The van der Waals surface area contributed by atoms with Crippen molar-refractivity contribution in [3.05, 3.63) is 16.8 Å². The number of nitrogens with two attached hydrogens (primary N) is 1. The molecule has 5 atom stereocenters. The molecule has 0 bridgehead atoms. The van der Waals surface area contributed by atoms with E-state index < -0.39 is 38.1 Å². The second kappa shape index (κ2) is 4.84. The number of nitrogen functional groups attached to an aromatic ring is 1. The highest BCUT2D eigenvalue weighted by molar-refractivity contribution is 7.47. The summed E-state index contributed by atoms with van der Waals surface area (Å²) in [5, 5.41) is 10.4. The first-order valence-electron chi connectivity index (χ1n) is 6.57. The summed E-state index contributed by atoms with van der Waals surface area (Å²) in [6.07, 6.45) is -3.31. The van der Waals surface area contributed by atoms with Crippen LogP contribution in [0.4, 0.5) is 5.82 Å². The maximum atomic E-state index is 12.2. The molecule has 2 aromatic rings. The third kappa shape index (κ3) is 2.19. The van der Waals surface area contributed by atoms with Crippen LogP contribution in [0.5, 0.6) is 0 Å². The number of H-pyrrole nitrogens is 1. The van der Waals surface area contributed by atoms with E-state index in [0.29, 0.717) is 0 Å². The number of aromatic amines is 1. The van der Waals surface area contributed by atoms with Gasteiger partial charge in [0.05, 0.1) is 6.61 Å². The van der Waals surface area contributed by atoms with Crippen LogP contribution in [0.1, 0.15) is 6.23 Å². The number of imidazole rings is 1. The van der Waals surface area contributed by atoms with E-state index in [1.165, 1.54) is 0 Å². The van der Waals surface area contributed by atoms with Crippen LogP contribution in [0, 0.1) is 0 Å². The molecular weight excluding hydrogens is 333 g/mol. The molecule has 0 aliphatic carbocycles. The number of aliphatic hydroxyl groups excluding tert-OH is 1. The molecule has 0 amide bonds. The molecule has 0 saturated carbocycles. The Morgan fingerprint density at radius 3 is 3.04 bits per heavy atom. The topological polar surface area (TPSA) is 175 Å². The monoisotopic (exact) mass is 345 g/mol. The molecule has 2 aliphatic heterocycles. The fraction of sp³-hybridized carbons (Fsp3) is 0.500. The molecule has 12 nitrogen and oxygen atoms in total. The highest BCUT2D eigenvalue weighted by Gasteiger charge is 2.53. The van der Waals surface area contributed by atoms with Gasteiger partial charge in [0.2, 0.25) is 0 Å². The van der Waals surface area contributed by atoms with Crippen LogP contribution in [0.3, 0.4) is 0 Å². The van der Waals surface area contributed by atoms with Gasteiger partial charge in [-0.25, -0.2) is 23.9 Å². The molecular formula is C10H12N5O7P. The minimum Gasteiger partial charge on any atom is -0.386 e. The van der Waals surface area contributed by atoms with E-state index in [1.54, 1.807) is 0 Å². The molecule has 0 aromatic carbocycles. The SMILES string of the molecule is Nc1ncnc2c1[nH]c(=O)n2C1OC2COP(=O)(O)OC2C1O. The van der Waals surface area contributed by atoms with Crippen LogP contribution in [-0.2, 0) is 18.3 Å². The van der Waals surface area contributed by atoms with E-state index in [0.717, 1.165) is 10.9 Å². The van der Waals surface area contributed by atoms with Crippen LogP contribution >= 0.6 is 7.82 Å². The molecule has 5 N–H and O–H groups in total. The maximum Gasteiger partial charge on any atom is 0.472 e. The number of fused-ring (bicyclic) bond motifs is 2. The number of nitrogens with zero attached hydrogens (tertiary/aromatic N) is 3. The first kappa shape index (κ1) is 14.8. The quantitative estimate of drug-likeness (QED) is 0.444. The van der Waals surface area contributed by atoms with Gasteiger partial charge in [-0.05, 0) is 0 Å². The molecule has 2 fully saturated rings. The average Bonchev–Trinajstić information content (AvgIpc) is 2.97. The lowest BCUT2D eigenvalue weighted by Crippen LogP contribution is -2.39. The number of phosphoric ester groups is 1. The molecule has 2 aromatic heterocycles. The van der Waals surface area contributed by atoms with Crippen LogP contribution in [0.2, 0.25) is 0 Å². The predicted octanol–water partition coefficient (Wildman–Crippen LogP) is -1.52. The van der Waals surface area contributed by atoms with Gasteiger partial charge in [-0.3, -0.25) is 9.05 Å². The highest BCUT2D eigenvalue weighted by atomic mass is 31.2. The van der Waals surface area contributed by atoms with Crippen molar-refractivity contribution in [2.24, 2.45) is 0 Å². The molecule has 2 saturated heterocycles. The smallest absolute Gasteiger partial charge is 0.386 e. The molecule has 2 aliphatic rings. The Hall–Kier alpha value is -1.82. The minimum absolute atomic E-state index is 0.0650. The van der Waals surface area contributed by atoms with Crippen LogP contribution in [0.15, 0.2) is 11.1 Å². The van der Waals surface area contributed by atoms with Crippen molar-refractivity contribution in [3.8, 4) is 0 Å². The summed E-state index contributed by atoms with van der Waals surface area (Å²) in [4.78, 5) is 31.7. The van der Waals surface area contributed by atoms with Crippen molar-refractivity contribution in [1.29, 1.82) is 0 Å². The van der Waals surface area contributed by atoms with Crippen molar-refractivity contribution in [1.82, 2.24) is 19.5 Å². The number of aromatic nitrogens is 4. The van der Waals surface area contributed by atoms with Crippen molar-refractivity contribution in [2.75, 3.05) is 12.3 Å². The second-order valence-corrected chi connectivity index (χ2v) is 6.55. The lowest BCUT2D eigenvalue weighted by atomic mass is 10.1. The van der Waals surface area contributed by atoms with E-state index in [-0.39, 0.29) is 23.6 Å². The Morgan fingerprint density at radius 2 is 2.26 bits per heavy atom. The average molecular weight is 345 g/mol. The van der Waals surface area contributed by atoms with E-state index in [2.05, 4.69) is 19.5 Å². The van der Waals surface area contributed by atoms with Gasteiger partial charge in [-0.1, -0.05) is 0 Å². The van der Waals surface area contributed by atoms with Gasteiger partial charge < -0.3 is 25.5 Å². The number of anilines is 1. The number of rotatable bonds is 1. The van der Waals surface area contributed by atoms with Crippen molar-refractivity contribution >= 4 is 24.8 Å². The Kier molecular flexibility index (Phi) is 3.10. The van der Waals surface area contributed by atoms with Gasteiger partial charge in [0, 0.05) is 0 Å².